The molecule has 19 heavy (non-hydrogen) atoms. The van der Waals surface area contributed by atoms with E-state index in [2.05, 4.69) is 10.2 Å². The quantitative estimate of drug-likeness (QED) is 0.849. The predicted molar refractivity (Wildman–Crippen MR) is 72.0 cm³/mol. The summed E-state index contributed by atoms with van der Waals surface area (Å²) < 4.78 is 5.55. The van der Waals surface area contributed by atoms with Crippen molar-refractivity contribution in [2.75, 3.05) is 13.2 Å². The normalized spacial score (nSPS) is 23.8. The molecule has 2 heterocycles. The van der Waals surface area contributed by atoms with E-state index in [0.29, 0.717) is 18.7 Å². The zero-order valence-corrected chi connectivity index (χ0v) is 11.1. The first-order valence-corrected chi connectivity index (χ1v) is 6.51. The average Bonchev–Trinajstić information content (AvgIpc) is 2.88. The summed E-state index contributed by atoms with van der Waals surface area (Å²) in [6, 6.07) is 5.74. The van der Waals surface area contributed by atoms with Crippen molar-refractivity contribution in [3.63, 3.8) is 0 Å². The topological polar surface area (TPSA) is 58.2 Å². The minimum Gasteiger partial charge on any atom is -0.375 e. The van der Waals surface area contributed by atoms with Gasteiger partial charge in [-0.25, -0.2) is 0 Å². The number of morpholine rings is 1. The molecule has 0 radical (unpaired) electrons. The van der Waals surface area contributed by atoms with E-state index in [4.69, 9.17) is 4.74 Å². The minimum absolute atomic E-state index is 0.0548. The van der Waals surface area contributed by atoms with Gasteiger partial charge in [-0.1, -0.05) is 6.07 Å². The summed E-state index contributed by atoms with van der Waals surface area (Å²) in [5.41, 5.74) is 1.58. The summed E-state index contributed by atoms with van der Waals surface area (Å²) in [6.07, 6.45) is 1.85. The van der Waals surface area contributed by atoms with Crippen LogP contribution >= 0.6 is 0 Å². The molecule has 1 aromatic heterocycles. The Kier molecular flexibility index (Phi) is 2.98. The summed E-state index contributed by atoms with van der Waals surface area (Å²) in [5, 5.41) is 7.88. The van der Waals surface area contributed by atoms with Gasteiger partial charge in [0.05, 0.1) is 30.5 Å². The van der Waals surface area contributed by atoms with Crippen LogP contribution in [0, 0.1) is 0 Å². The van der Waals surface area contributed by atoms with Gasteiger partial charge in [-0.2, -0.15) is 5.10 Å². The van der Waals surface area contributed by atoms with E-state index in [0.717, 1.165) is 10.9 Å². The second-order valence-corrected chi connectivity index (χ2v) is 5.12. The summed E-state index contributed by atoms with van der Waals surface area (Å²) in [7, 11) is 0. The van der Waals surface area contributed by atoms with Crippen molar-refractivity contribution in [2.45, 2.75) is 26.0 Å². The highest BCUT2D eigenvalue weighted by Crippen LogP contribution is 2.18. The maximum absolute atomic E-state index is 12.6. The van der Waals surface area contributed by atoms with Gasteiger partial charge in [0.2, 0.25) is 0 Å². The number of hydrogen-bond donors (Lipinski definition) is 1. The molecule has 5 nitrogen and oxygen atoms in total. The van der Waals surface area contributed by atoms with Crippen molar-refractivity contribution < 1.29 is 9.53 Å². The maximum Gasteiger partial charge on any atom is 0.254 e. The summed E-state index contributed by atoms with van der Waals surface area (Å²) in [6.45, 7) is 5.24. The fourth-order valence-corrected chi connectivity index (χ4v) is 2.42. The molecule has 100 valence electrons. The first kappa shape index (κ1) is 12.2. The number of H-pyrrole nitrogens is 1. The number of nitrogens with one attached hydrogen (secondary N) is 1. The Morgan fingerprint density at radius 1 is 1.47 bits per heavy atom. The van der Waals surface area contributed by atoms with Gasteiger partial charge in [-0.15, -0.1) is 0 Å². The van der Waals surface area contributed by atoms with Crippen LogP contribution in [0.2, 0.25) is 0 Å². The minimum atomic E-state index is 0.0548. The lowest BCUT2D eigenvalue weighted by Crippen LogP contribution is -2.50. The molecule has 0 spiro atoms. The number of nitrogens with zero attached hydrogens (tertiary/aromatic N) is 2. The van der Waals surface area contributed by atoms with Crippen LogP contribution in [0.1, 0.15) is 24.2 Å². The highest BCUT2D eigenvalue weighted by Gasteiger charge is 2.28. The predicted octanol–water partition coefficient (Wildman–Crippen LogP) is 1.81. The maximum atomic E-state index is 12.6. The van der Waals surface area contributed by atoms with Crippen LogP contribution in [-0.2, 0) is 4.74 Å². The van der Waals surface area contributed by atoms with Crippen molar-refractivity contribution in [1.82, 2.24) is 15.1 Å². The monoisotopic (exact) mass is 259 g/mol. The highest BCUT2D eigenvalue weighted by molar-refractivity contribution is 5.97. The second kappa shape index (κ2) is 4.66. The van der Waals surface area contributed by atoms with Crippen LogP contribution in [0.5, 0.6) is 0 Å². The van der Waals surface area contributed by atoms with Crippen molar-refractivity contribution in [3.05, 3.63) is 30.0 Å². The molecular weight excluding hydrogens is 242 g/mol. The number of hydrogen-bond acceptors (Lipinski definition) is 3. The molecule has 5 heteroatoms. The molecule has 2 unspecified atom stereocenters. The Balaban J connectivity index is 1.89. The molecule has 1 aliphatic heterocycles. The molecule has 0 aliphatic carbocycles. The lowest BCUT2D eigenvalue weighted by atomic mass is 10.1. The van der Waals surface area contributed by atoms with Crippen molar-refractivity contribution in [3.8, 4) is 0 Å². The number of carbonyl (C=O) groups excluding carboxylic acids is 1. The Labute approximate surface area is 111 Å². The van der Waals surface area contributed by atoms with Gasteiger partial charge in [0.1, 0.15) is 0 Å². The van der Waals surface area contributed by atoms with Gasteiger partial charge in [-0.3, -0.25) is 9.89 Å². The second-order valence-electron chi connectivity index (χ2n) is 5.12. The SMILES string of the molecule is CC1CN(C(=O)c2ccc3cn[nH]c3c2)C(C)CO1. The number of aromatic amines is 1. The number of aromatic nitrogens is 2. The van der Waals surface area contributed by atoms with E-state index in [-0.39, 0.29) is 18.1 Å². The molecule has 1 aromatic carbocycles. The fourth-order valence-electron chi connectivity index (χ4n) is 2.42. The molecule has 2 aromatic rings. The number of carbonyl (C=O) groups is 1. The van der Waals surface area contributed by atoms with Crippen LogP contribution in [-0.4, -0.2) is 46.3 Å². The Bertz CT molecular complexity index is 608. The fraction of sp³-hybridized carbons (Fsp3) is 0.429. The molecule has 1 aliphatic rings. The molecule has 0 bridgehead atoms. The smallest absolute Gasteiger partial charge is 0.254 e. The van der Waals surface area contributed by atoms with Gasteiger partial charge < -0.3 is 9.64 Å². The van der Waals surface area contributed by atoms with Crippen molar-refractivity contribution in [1.29, 1.82) is 0 Å². The largest absolute Gasteiger partial charge is 0.375 e. The molecule has 1 fully saturated rings. The van der Waals surface area contributed by atoms with Crippen LogP contribution in [0.4, 0.5) is 0 Å². The third kappa shape index (κ3) is 2.21. The molecule has 1 saturated heterocycles. The summed E-state index contributed by atoms with van der Waals surface area (Å²) >= 11 is 0. The highest BCUT2D eigenvalue weighted by atomic mass is 16.5. The lowest BCUT2D eigenvalue weighted by molar-refractivity contribution is -0.0387. The van der Waals surface area contributed by atoms with Gasteiger partial charge >= 0.3 is 0 Å². The van der Waals surface area contributed by atoms with Crippen LogP contribution < -0.4 is 0 Å². The zero-order valence-electron chi connectivity index (χ0n) is 11.1. The Morgan fingerprint density at radius 3 is 3.16 bits per heavy atom. The molecule has 3 rings (SSSR count). The standard InChI is InChI=1S/C14H17N3O2/c1-9-8-19-10(2)7-17(9)14(18)11-3-4-12-6-15-16-13(12)5-11/h3-6,9-10H,7-8H2,1-2H3,(H,15,16). The number of ether oxygens (including phenoxy) is 1. The lowest BCUT2D eigenvalue weighted by Gasteiger charge is -2.36. The number of fused-ring (bicyclic) bond motifs is 1. The third-order valence-corrected chi connectivity index (χ3v) is 3.56. The number of rotatable bonds is 1. The van der Waals surface area contributed by atoms with Crippen LogP contribution in [0.25, 0.3) is 10.9 Å². The molecular formula is C14H17N3O2. The third-order valence-electron chi connectivity index (χ3n) is 3.56. The van der Waals surface area contributed by atoms with E-state index in [1.807, 2.05) is 36.9 Å². The van der Waals surface area contributed by atoms with E-state index in [9.17, 15) is 4.79 Å². The molecule has 0 saturated carbocycles. The molecule has 1 N–H and O–H groups in total. The van der Waals surface area contributed by atoms with E-state index in [1.54, 1.807) is 6.20 Å². The van der Waals surface area contributed by atoms with Gasteiger partial charge in [0.25, 0.3) is 5.91 Å². The van der Waals surface area contributed by atoms with Gasteiger partial charge in [0, 0.05) is 17.5 Å². The summed E-state index contributed by atoms with van der Waals surface area (Å²) in [4.78, 5) is 14.4. The van der Waals surface area contributed by atoms with Crippen molar-refractivity contribution >= 4 is 16.8 Å². The van der Waals surface area contributed by atoms with E-state index >= 15 is 0 Å². The van der Waals surface area contributed by atoms with Crippen molar-refractivity contribution in [2.24, 2.45) is 0 Å². The first-order chi connectivity index (χ1) is 9.15. The van der Waals surface area contributed by atoms with Crippen LogP contribution in [0.15, 0.2) is 24.4 Å². The summed E-state index contributed by atoms with van der Waals surface area (Å²) in [5.74, 6) is 0.0548. The number of benzene rings is 1. The van der Waals surface area contributed by atoms with Gasteiger partial charge in [-0.05, 0) is 26.0 Å². The van der Waals surface area contributed by atoms with E-state index in [1.165, 1.54) is 0 Å². The Morgan fingerprint density at radius 2 is 2.32 bits per heavy atom. The average molecular weight is 259 g/mol. The zero-order chi connectivity index (χ0) is 13.4. The van der Waals surface area contributed by atoms with Gasteiger partial charge in [0.15, 0.2) is 0 Å². The van der Waals surface area contributed by atoms with E-state index < -0.39 is 0 Å². The number of amides is 1. The first-order valence-electron chi connectivity index (χ1n) is 6.51. The molecule has 2 atom stereocenters. The molecule has 1 amide bonds. The Hall–Kier alpha value is -1.88. The van der Waals surface area contributed by atoms with Crippen LogP contribution in [0.3, 0.4) is 0 Å².